The van der Waals surface area contributed by atoms with Crippen LogP contribution in [-0.2, 0) is 10.8 Å². The first-order chi connectivity index (χ1) is 6.43. The van der Waals surface area contributed by atoms with Gasteiger partial charge in [-0.1, -0.05) is 42.5 Å². The molecule has 0 aromatic heterocycles. The van der Waals surface area contributed by atoms with Crippen LogP contribution >= 0.6 is 0 Å². The molecule has 1 aromatic carbocycles. The van der Waals surface area contributed by atoms with Crippen LogP contribution < -0.4 is 0 Å². The van der Waals surface area contributed by atoms with Crippen LogP contribution in [0.1, 0.15) is 12.0 Å². The predicted octanol–water partition coefficient (Wildman–Crippen LogP) is 1.47. The molecule has 70 valence electrons. The topological polar surface area (TPSA) is 9.23 Å². The molecular weight excluding hydrogens is 176 g/mol. The van der Waals surface area contributed by atoms with Crippen molar-refractivity contribution in [3.63, 3.8) is 0 Å². The summed E-state index contributed by atoms with van der Waals surface area (Å²) in [4.78, 5) is 0. The van der Waals surface area contributed by atoms with Gasteiger partial charge in [0.1, 0.15) is 10.5 Å². The molecular formula is C11H16OSi. The highest BCUT2D eigenvalue weighted by Crippen LogP contribution is 2.00. The van der Waals surface area contributed by atoms with Gasteiger partial charge in [-0.25, -0.2) is 0 Å². The molecule has 0 aliphatic rings. The standard InChI is InChI=1S/C11H16OSi/c13-12-10-6-2-5-9-11-7-3-1-4-8-11/h1-5,7-8H,6,9-10H2,13H3. The van der Waals surface area contributed by atoms with E-state index >= 15 is 0 Å². The molecule has 0 saturated heterocycles. The van der Waals surface area contributed by atoms with Crippen LogP contribution in [0, 0.1) is 0 Å². The van der Waals surface area contributed by atoms with E-state index in [2.05, 4.69) is 36.4 Å². The fourth-order valence-electron chi connectivity index (χ4n) is 1.14. The maximum Gasteiger partial charge on any atom is 0.145 e. The third-order valence-corrected chi connectivity index (χ3v) is 2.26. The largest absolute Gasteiger partial charge is 0.428 e. The molecule has 1 rings (SSSR count). The molecule has 1 nitrogen and oxygen atoms in total. The molecule has 0 fully saturated rings. The first-order valence-corrected chi connectivity index (χ1v) is 5.43. The van der Waals surface area contributed by atoms with Crippen molar-refractivity contribution in [3.8, 4) is 0 Å². The second kappa shape index (κ2) is 6.63. The lowest BCUT2D eigenvalue weighted by Crippen LogP contribution is -1.86. The molecule has 0 atom stereocenters. The number of allylic oxidation sites excluding steroid dienone is 1. The van der Waals surface area contributed by atoms with Crippen molar-refractivity contribution >= 4 is 10.5 Å². The molecule has 0 saturated carbocycles. The second-order valence-electron chi connectivity index (χ2n) is 2.94. The number of hydrogen-bond acceptors (Lipinski definition) is 1. The van der Waals surface area contributed by atoms with Crippen molar-refractivity contribution in [1.82, 2.24) is 0 Å². The highest BCUT2D eigenvalue weighted by Gasteiger charge is 1.85. The second-order valence-corrected chi connectivity index (χ2v) is 3.52. The van der Waals surface area contributed by atoms with E-state index in [9.17, 15) is 0 Å². The van der Waals surface area contributed by atoms with E-state index < -0.39 is 0 Å². The smallest absolute Gasteiger partial charge is 0.145 e. The minimum atomic E-state index is 0.849. The Kier molecular flexibility index (Phi) is 5.21. The molecule has 0 unspecified atom stereocenters. The molecule has 0 amide bonds. The fourth-order valence-corrected chi connectivity index (χ4v) is 1.37. The van der Waals surface area contributed by atoms with Crippen LogP contribution in [0.15, 0.2) is 42.5 Å². The lowest BCUT2D eigenvalue weighted by molar-refractivity contribution is 0.358. The number of benzene rings is 1. The summed E-state index contributed by atoms with van der Waals surface area (Å²) in [7, 11) is 0.849. The van der Waals surface area contributed by atoms with Gasteiger partial charge in [-0.2, -0.15) is 0 Å². The fraction of sp³-hybridized carbons (Fsp3) is 0.273. The van der Waals surface area contributed by atoms with Crippen molar-refractivity contribution in [2.45, 2.75) is 12.8 Å². The molecule has 2 heteroatoms. The third kappa shape index (κ3) is 4.65. The highest BCUT2D eigenvalue weighted by atomic mass is 28.2. The molecule has 0 radical (unpaired) electrons. The maximum absolute atomic E-state index is 5.08. The lowest BCUT2D eigenvalue weighted by Gasteiger charge is -1.94. The molecule has 0 N–H and O–H groups in total. The Hall–Kier alpha value is -0.863. The van der Waals surface area contributed by atoms with Crippen LogP contribution in [0.5, 0.6) is 0 Å². The normalized spacial score (nSPS) is 11.1. The summed E-state index contributed by atoms with van der Waals surface area (Å²) >= 11 is 0. The number of hydrogen-bond donors (Lipinski definition) is 0. The van der Waals surface area contributed by atoms with Gasteiger partial charge in [-0.05, 0) is 18.4 Å². The minimum absolute atomic E-state index is 0.849. The SMILES string of the molecule is [SiH3]OCCC=CCc1ccccc1. The van der Waals surface area contributed by atoms with E-state index in [1.54, 1.807) is 0 Å². The monoisotopic (exact) mass is 192 g/mol. The van der Waals surface area contributed by atoms with Gasteiger partial charge in [0.2, 0.25) is 0 Å². The van der Waals surface area contributed by atoms with E-state index in [1.165, 1.54) is 5.56 Å². The van der Waals surface area contributed by atoms with E-state index in [4.69, 9.17) is 4.43 Å². The highest BCUT2D eigenvalue weighted by molar-refractivity contribution is 5.97. The quantitative estimate of drug-likeness (QED) is 0.390. The van der Waals surface area contributed by atoms with E-state index in [0.29, 0.717) is 0 Å². The molecule has 0 aliphatic carbocycles. The molecule has 1 aromatic rings. The molecule has 0 spiro atoms. The Morgan fingerprint density at radius 1 is 1.15 bits per heavy atom. The van der Waals surface area contributed by atoms with Crippen molar-refractivity contribution in [1.29, 1.82) is 0 Å². The van der Waals surface area contributed by atoms with Gasteiger partial charge in [0, 0.05) is 6.61 Å². The molecule has 13 heavy (non-hydrogen) atoms. The molecule has 0 aliphatic heterocycles. The summed E-state index contributed by atoms with van der Waals surface area (Å²) in [5.74, 6) is 0. The van der Waals surface area contributed by atoms with E-state index in [0.717, 1.165) is 29.9 Å². The van der Waals surface area contributed by atoms with Gasteiger partial charge >= 0.3 is 0 Å². The Bertz CT molecular complexity index is 244. The summed E-state index contributed by atoms with van der Waals surface area (Å²) in [5.41, 5.74) is 1.37. The summed E-state index contributed by atoms with van der Waals surface area (Å²) in [6.45, 7) is 0.873. The summed E-state index contributed by atoms with van der Waals surface area (Å²) in [6.07, 6.45) is 6.46. The Morgan fingerprint density at radius 3 is 2.62 bits per heavy atom. The zero-order chi connectivity index (χ0) is 9.36. The average Bonchev–Trinajstić information content (AvgIpc) is 2.19. The summed E-state index contributed by atoms with van der Waals surface area (Å²) in [6, 6.07) is 10.5. The van der Waals surface area contributed by atoms with Gasteiger partial charge in [0.25, 0.3) is 0 Å². The molecule has 0 heterocycles. The zero-order valence-corrected chi connectivity index (χ0v) is 10.1. The van der Waals surface area contributed by atoms with E-state index in [-0.39, 0.29) is 0 Å². The van der Waals surface area contributed by atoms with Crippen LogP contribution in [-0.4, -0.2) is 17.1 Å². The Balaban J connectivity index is 2.23. The van der Waals surface area contributed by atoms with E-state index in [1.807, 2.05) is 6.07 Å². The van der Waals surface area contributed by atoms with Gasteiger partial charge < -0.3 is 4.43 Å². The van der Waals surface area contributed by atoms with Crippen LogP contribution in [0.25, 0.3) is 0 Å². The van der Waals surface area contributed by atoms with Gasteiger partial charge in [0.05, 0.1) is 0 Å². The van der Waals surface area contributed by atoms with Crippen LogP contribution in [0.2, 0.25) is 0 Å². The van der Waals surface area contributed by atoms with Gasteiger partial charge in [0.15, 0.2) is 0 Å². The first kappa shape index (κ1) is 10.2. The number of rotatable bonds is 5. The Morgan fingerprint density at radius 2 is 1.92 bits per heavy atom. The third-order valence-electron chi connectivity index (χ3n) is 1.85. The molecule has 0 bridgehead atoms. The predicted molar refractivity (Wildman–Crippen MR) is 59.8 cm³/mol. The van der Waals surface area contributed by atoms with Crippen molar-refractivity contribution in [3.05, 3.63) is 48.0 Å². The average molecular weight is 192 g/mol. The van der Waals surface area contributed by atoms with Gasteiger partial charge in [-0.15, -0.1) is 0 Å². The van der Waals surface area contributed by atoms with Crippen molar-refractivity contribution in [2.24, 2.45) is 0 Å². The van der Waals surface area contributed by atoms with Crippen LogP contribution in [0.3, 0.4) is 0 Å². The first-order valence-electron chi connectivity index (χ1n) is 4.61. The lowest BCUT2D eigenvalue weighted by atomic mass is 10.1. The minimum Gasteiger partial charge on any atom is -0.428 e. The van der Waals surface area contributed by atoms with Crippen molar-refractivity contribution < 1.29 is 4.43 Å². The summed E-state index contributed by atoms with van der Waals surface area (Å²) in [5, 5.41) is 0. The van der Waals surface area contributed by atoms with Crippen LogP contribution in [0.4, 0.5) is 0 Å². The maximum atomic E-state index is 5.08. The van der Waals surface area contributed by atoms with Gasteiger partial charge in [-0.3, -0.25) is 0 Å². The zero-order valence-electron chi connectivity index (χ0n) is 8.07. The Labute approximate surface area is 83.0 Å². The van der Waals surface area contributed by atoms with Crippen molar-refractivity contribution in [2.75, 3.05) is 6.61 Å². The summed E-state index contributed by atoms with van der Waals surface area (Å²) < 4.78 is 5.08.